The van der Waals surface area contributed by atoms with Crippen molar-refractivity contribution in [3.05, 3.63) is 24.0 Å². The minimum atomic E-state index is -0.505. The SMILES string of the molecule is CC1CC(c2ccncc2SC#N)CC(NC(=O)OC(C)(C)C)C1C. The van der Waals surface area contributed by atoms with Crippen LogP contribution in [0, 0.1) is 22.5 Å². The van der Waals surface area contributed by atoms with Crippen molar-refractivity contribution in [1.82, 2.24) is 10.3 Å². The third kappa shape index (κ3) is 5.37. The Labute approximate surface area is 154 Å². The summed E-state index contributed by atoms with van der Waals surface area (Å²) in [5.74, 6) is 1.13. The highest BCUT2D eigenvalue weighted by Crippen LogP contribution is 2.42. The number of carbonyl (C=O) groups is 1. The maximum atomic E-state index is 12.2. The van der Waals surface area contributed by atoms with E-state index in [0.29, 0.717) is 17.8 Å². The van der Waals surface area contributed by atoms with E-state index in [1.165, 1.54) is 0 Å². The van der Waals surface area contributed by atoms with Crippen LogP contribution < -0.4 is 5.32 Å². The maximum absolute atomic E-state index is 12.2. The predicted molar refractivity (Wildman–Crippen MR) is 99.2 cm³/mol. The second kappa shape index (κ2) is 8.09. The molecular formula is C19H27N3O2S. The fourth-order valence-corrected chi connectivity index (χ4v) is 4.01. The first-order chi connectivity index (χ1) is 11.7. The van der Waals surface area contributed by atoms with Gasteiger partial charge in [0, 0.05) is 23.3 Å². The monoisotopic (exact) mass is 361 g/mol. The van der Waals surface area contributed by atoms with Crippen molar-refractivity contribution in [2.75, 3.05) is 0 Å². The lowest BCUT2D eigenvalue weighted by atomic mass is 9.70. The summed E-state index contributed by atoms with van der Waals surface area (Å²) in [5.41, 5.74) is 0.644. The molecule has 1 aliphatic rings. The molecule has 4 unspecified atom stereocenters. The summed E-state index contributed by atoms with van der Waals surface area (Å²) in [4.78, 5) is 17.2. The molecule has 6 heteroatoms. The number of aromatic nitrogens is 1. The number of carbonyl (C=O) groups excluding carboxylic acids is 1. The third-order valence-corrected chi connectivity index (χ3v) is 5.49. The standard InChI is InChI=1S/C19H27N3O2S/c1-12-8-14(15-6-7-21-10-17(15)25-11-20)9-16(13(12)2)22-18(23)24-19(3,4)5/h6-7,10,12-14,16H,8-9H2,1-5H3,(H,22,23). The first kappa shape index (κ1) is 19.6. The van der Waals surface area contributed by atoms with Crippen molar-refractivity contribution in [3.63, 3.8) is 0 Å². The van der Waals surface area contributed by atoms with Crippen molar-refractivity contribution in [2.24, 2.45) is 11.8 Å². The van der Waals surface area contributed by atoms with Gasteiger partial charge in [-0.1, -0.05) is 13.8 Å². The van der Waals surface area contributed by atoms with E-state index in [9.17, 15) is 4.79 Å². The van der Waals surface area contributed by atoms with Gasteiger partial charge in [0.2, 0.25) is 0 Å². The molecule has 1 heterocycles. The molecule has 4 atom stereocenters. The van der Waals surface area contributed by atoms with Crippen LogP contribution in [0.1, 0.15) is 58.9 Å². The number of amides is 1. The number of rotatable bonds is 3. The Balaban J connectivity index is 2.16. The molecule has 0 saturated heterocycles. The Morgan fingerprint density at radius 2 is 2.12 bits per heavy atom. The number of nitriles is 1. The zero-order chi connectivity index (χ0) is 18.6. The zero-order valence-corrected chi connectivity index (χ0v) is 16.4. The molecule has 0 aliphatic heterocycles. The van der Waals surface area contributed by atoms with E-state index in [4.69, 9.17) is 10.00 Å². The molecule has 1 N–H and O–H groups in total. The quantitative estimate of drug-likeness (QED) is 0.624. The summed E-state index contributed by atoms with van der Waals surface area (Å²) in [6, 6.07) is 2.05. The Hall–Kier alpha value is -1.74. The van der Waals surface area contributed by atoms with Gasteiger partial charge in [0.1, 0.15) is 11.0 Å². The largest absolute Gasteiger partial charge is 0.444 e. The van der Waals surface area contributed by atoms with Crippen molar-refractivity contribution >= 4 is 17.9 Å². The molecule has 5 nitrogen and oxygen atoms in total. The summed E-state index contributed by atoms with van der Waals surface area (Å²) in [5, 5.41) is 14.2. The van der Waals surface area contributed by atoms with Gasteiger partial charge in [-0.3, -0.25) is 4.98 Å². The Kier molecular flexibility index (Phi) is 6.34. The fourth-order valence-electron chi connectivity index (χ4n) is 3.44. The van der Waals surface area contributed by atoms with E-state index in [0.717, 1.165) is 35.1 Å². The normalized spacial score (nSPS) is 26.6. The number of hydrogen-bond acceptors (Lipinski definition) is 5. The molecule has 0 radical (unpaired) electrons. The van der Waals surface area contributed by atoms with Crippen molar-refractivity contribution in [1.29, 1.82) is 5.26 Å². The third-order valence-electron chi connectivity index (χ3n) is 4.84. The van der Waals surface area contributed by atoms with E-state index in [2.05, 4.69) is 29.5 Å². The summed E-state index contributed by atoms with van der Waals surface area (Å²) in [7, 11) is 0. The number of thiocyanates is 1. The minimum Gasteiger partial charge on any atom is -0.444 e. The molecule has 1 amide bonds. The van der Waals surface area contributed by atoms with Gasteiger partial charge >= 0.3 is 6.09 Å². The predicted octanol–water partition coefficient (Wildman–Crippen LogP) is 4.70. The first-order valence-corrected chi connectivity index (χ1v) is 9.52. The van der Waals surface area contributed by atoms with Gasteiger partial charge in [0.05, 0.1) is 0 Å². The van der Waals surface area contributed by atoms with Crippen molar-refractivity contribution in [3.8, 4) is 5.40 Å². The highest BCUT2D eigenvalue weighted by molar-refractivity contribution is 8.03. The lowest BCUT2D eigenvalue weighted by Crippen LogP contribution is -2.47. The molecule has 1 aromatic rings. The van der Waals surface area contributed by atoms with E-state index in [1.807, 2.05) is 26.8 Å². The average Bonchev–Trinajstić information content (AvgIpc) is 2.50. The molecule has 1 fully saturated rings. The van der Waals surface area contributed by atoms with Gasteiger partial charge in [-0.15, -0.1) is 0 Å². The van der Waals surface area contributed by atoms with Crippen LogP contribution in [0.4, 0.5) is 4.79 Å². The molecule has 2 rings (SSSR count). The summed E-state index contributed by atoms with van der Waals surface area (Å²) < 4.78 is 5.42. The summed E-state index contributed by atoms with van der Waals surface area (Å²) in [6.07, 6.45) is 5.04. The number of thioether (sulfide) groups is 1. The number of nitrogens with zero attached hydrogens (tertiary/aromatic N) is 2. The van der Waals surface area contributed by atoms with Gasteiger partial charge in [0.15, 0.2) is 0 Å². The van der Waals surface area contributed by atoms with Crippen LogP contribution in [0.15, 0.2) is 23.4 Å². The Bertz CT molecular complexity index is 651. The Morgan fingerprint density at radius 3 is 2.76 bits per heavy atom. The van der Waals surface area contributed by atoms with E-state index < -0.39 is 5.60 Å². The van der Waals surface area contributed by atoms with Crippen LogP contribution in [0.25, 0.3) is 0 Å². The lowest BCUT2D eigenvalue weighted by molar-refractivity contribution is 0.0447. The number of pyridine rings is 1. The van der Waals surface area contributed by atoms with Gasteiger partial charge in [-0.2, -0.15) is 5.26 Å². The van der Waals surface area contributed by atoms with Gasteiger partial charge in [-0.25, -0.2) is 4.79 Å². The summed E-state index contributed by atoms with van der Waals surface area (Å²) in [6.45, 7) is 10.00. The number of hydrogen-bond donors (Lipinski definition) is 1. The topological polar surface area (TPSA) is 75.0 Å². The molecule has 0 bridgehead atoms. The zero-order valence-electron chi connectivity index (χ0n) is 15.6. The smallest absolute Gasteiger partial charge is 0.407 e. The maximum Gasteiger partial charge on any atom is 0.407 e. The molecule has 1 saturated carbocycles. The minimum absolute atomic E-state index is 0.0525. The molecule has 136 valence electrons. The molecule has 25 heavy (non-hydrogen) atoms. The van der Waals surface area contributed by atoms with Crippen LogP contribution in [0.3, 0.4) is 0 Å². The van der Waals surface area contributed by atoms with E-state index in [1.54, 1.807) is 12.4 Å². The van der Waals surface area contributed by atoms with Crippen LogP contribution in [0.5, 0.6) is 0 Å². The van der Waals surface area contributed by atoms with E-state index in [-0.39, 0.29) is 12.1 Å². The second-order valence-electron chi connectivity index (χ2n) is 7.86. The number of nitrogens with one attached hydrogen (secondary N) is 1. The molecule has 1 aliphatic carbocycles. The van der Waals surface area contributed by atoms with Gasteiger partial charge < -0.3 is 10.1 Å². The summed E-state index contributed by atoms with van der Waals surface area (Å²) >= 11 is 1.15. The van der Waals surface area contributed by atoms with Gasteiger partial charge in [0.25, 0.3) is 0 Å². The lowest BCUT2D eigenvalue weighted by Gasteiger charge is -2.40. The second-order valence-corrected chi connectivity index (χ2v) is 8.69. The molecular weight excluding hydrogens is 334 g/mol. The van der Waals surface area contributed by atoms with Crippen LogP contribution in [-0.2, 0) is 4.74 Å². The fraction of sp³-hybridized carbons (Fsp3) is 0.632. The highest BCUT2D eigenvalue weighted by atomic mass is 32.2. The molecule has 0 spiro atoms. The van der Waals surface area contributed by atoms with Crippen molar-refractivity contribution < 1.29 is 9.53 Å². The van der Waals surface area contributed by atoms with E-state index >= 15 is 0 Å². The average molecular weight is 362 g/mol. The van der Waals surface area contributed by atoms with Gasteiger partial charge in [-0.05, 0) is 74.8 Å². The highest BCUT2D eigenvalue weighted by Gasteiger charge is 2.36. The van der Waals surface area contributed by atoms with Crippen LogP contribution >= 0.6 is 11.8 Å². The molecule has 0 aromatic carbocycles. The molecule has 1 aromatic heterocycles. The number of alkyl carbamates (subject to hydrolysis) is 1. The number of ether oxygens (including phenoxy) is 1. The Morgan fingerprint density at radius 1 is 1.40 bits per heavy atom. The van der Waals surface area contributed by atoms with Crippen molar-refractivity contribution in [2.45, 2.75) is 69.9 Å². The van der Waals surface area contributed by atoms with Crippen LogP contribution in [-0.4, -0.2) is 22.7 Å². The first-order valence-electron chi connectivity index (χ1n) is 8.70. The van der Waals surface area contributed by atoms with Crippen LogP contribution in [0.2, 0.25) is 0 Å².